The Morgan fingerprint density at radius 3 is 2.79 bits per heavy atom. The molecule has 0 atom stereocenters. The molecule has 0 amide bonds. The first kappa shape index (κ1) is 11.0. The molecule has 0 aromatic carbocycles. The molecule has 0 aromatic heterocycles. The van der Waals surface area contributed by atoms with Gasteiger partial charge >= 0.3 is 5.97 Å². The third-order valence-electron chi connectivity index (χ3n) is 2.32. The molecule has 0 spiro atoms. The average molecular weight is 194 g/mol. The molecule has 0 heterocycles. The molecule has 0 aromatic rings. The smallest absolute Gasteiger partial charge is 0.338 e. The van der Waals surface area contributed by atoms with Crippen LogP contribution < -0.4 is 0 Å². The molecule has 1 rings (SSSR count). The van der Waals surface area contributed by atoms with Crippen molar-refractivity contribution in [2.24, 2.45) is 0 Å². The van der Waals surface area contributed by atoms with Gasteiger partial charge in [-0.1, -0.05) is 19.4 Å². The van der Waals surface area contributed by atoms with E-state index in [2.05, 4.69) is 6.58 Å². The fraction of sp³-hybridized carbons (Fsp3) is 0.583. The second-order valence-corrected chi connectivity index (χ2v) is 3.79. The van der Waals surface area contributed by atoms with Gasteiger partial charge in [-0.3, -0.25) is 0 Å². The van der Waals surface area contributed by atoms with Gasteiger partial charge in [-0.25, -0.2) is 4.79 Å². The number of ether oxygens (including phenoxy) is 1. The highest BCUT2D eigenvalue weighted by Crippen LogP contribution is 2.18. The van der Waals surface area contributed by atoms with E-state index in [0.717, 1.165) is 25.0 Å². The summed E-state index contributed by atoms with van der Waals surface area (Å²) in [6.45, 7) is 5.23. The van der Waals surface area contributed by atoms with Crippen molar-refractivity contribution in [1.29, 1.82) is 0 Å². The molecule has 14 heavy (non-hydrogen) atoms. The zero-order valence-corrected chi connectivity index (χ0v) is 8.84. The van der Waals surface area contributed by atoms with Crippen molar-refractivity contribution in [2.75, 3.05) is 0 Å². The Labute approximate surface area is 85.6 Å². The van der Waals surface area contributed by atoms with Crippen LogP contribution in [0.5, 0.6) is 0 Å². The van der Waals surface area contributed by atoms with Crippen LogP contribution in [0.15, 0.2) is 24.0 Å². The number of carbonyl (C=O) groups is 1. The maximum atomic E-state index is 11.2. The summed E-state index contributed by atoms with van der Waals surface area (Å²) in [6.07, 6.45) is 8.81. The number of carbonyl (C=O) groups excluding carboxylic acids is 1. The first-order valence-corrected chi connectivity index (χ1v) is 5.27. The lowest BCUT2D eigenvalue weighted by atomic mass is 10.1. The van der Waals surface area contributed by atoms with Gasteiger partial charge in [0, 0.05) is 12.0 Å². The van der Waals surface area contributed by atoms with Gasteiger partial charge in [-0.2, -0.15) is 0 Å². The van der Waals surface area contributed by atoms with E-state index >= 15 is 0 Å². The summed E-state index contributed by atoms with van der Waals surface area (Å²) in [5, 5.41) is 0. The SMILES string of the molecule is C=C(C)C(=O)O/C1=C/CCCCCC1. The van der Waals surface area contributed by atoms with Crippen molar-refractivity contribution >= 4 is 5.97 Å². The van der Waals surface area contributed by atoms with Crippen molar-refractivity contribution < 1.29 is 9.53 Å². The van der Waals surface area contributed by atoms with Gasteiger partial charge in [-0.05, 0) is 32.3 Å². The van der Waals surface area contributed by atoms with Crippen molar-refractivity contribution in [3.8, 4) is 0 Å². The number of hydrogen-bond donors (Lipinski definition) is 0. The maximum absolute atomic E-state index is 11.2. The zero-order valence-electron chi connectivity index (χ0n) is 8.84. The van der Waals surface area contributed by atoms with Gasteiger partial charge in [0.1, 0.15) is 5.76 Å². The number of allylic oxidation sites excluding steroid dienone is 2. The third-order valence-corrected chi connectivity index (χ3v) is 2.32. The molecule has 0 radical (unpaired) electrons. The van der Waals surface area contributed by atoms with Crippen LogP contribution in [-0.2, 0) is 9.53 Å². The summed E-state index contributed by atoms with van der Waals surface area (Å²) >= 11 is 0. The van der Waals surface area contributed by atoms with Crippen molar-refractivity contribution in [3.63, 3.8) is 0 Å². The fourth-order valence-corrected chi connectivity index (χ4v) is 1.46. The van der Waals surface area contributed by atoms with E-state index in [1.807, 2.05) is 6.08 Å². The van der Waals surface area contributed by atoms with Gasteiger partial charge in [0.25, 0.3) is 0 Å². The second kappa shape index (κ2) is 5.63. The summed E-state index contributed by atoms with van der Waals surface area (Å²) < 4.78 is 5.21. The quantitative estimate of drug-likeness (QED) is 0.497. The molecule has 2 heteroatoms. The maximum Gasteiger partial charge on any atom is 0.338 e. The largest absolute Gasteiger partial charge is 0.428 e. The lowest BCUT2D eigenvalue weighted by Crippen LogP contribution is -2.05. The monoisotopic (exact) mass is 194 g/mol. The number of rotatable bonds is 2. The molecule has 0 saturated heterocycles. The number of hydrogen-bond acceptors (Lipinski definition) is 2. The number of esters is 1. The highest BCUT2D eigenvalue weighted by Gasteiger charge is 2.08. The van der Waals surface area contributed by atoms with E-state index < -0.39 is 0 Å². The predicted molar refractivity (Wildman–Crippen MR) is 56.7 cm³/mol. The Hall–Kier alpha value is -1.05. The van der Waals surface area contributed by atoms with E-state index in [0.29, 0.717) is 5.57 Å². The molecule has 1 aliphatic carbocycles. The van der Waals surface area contributed by atoms with E-state index in [4.69, 9.17) is 4.74 Å². The lowest BCUT2D eigenvalue weighted by Gasteiger charge is -2.11. The van der Waals surface area contributed by atoms with Crippen LogP contribution in [0.1, 0.15) is 45.4 Å². The van der Waals surface area contributed by atoms with Gasteiger partial charge < -0.3 is 4.74 Å². The molecule has 0 saturated carbocycles. The van der Waals surface area contributed by atoms with Crippen LogP contribution in [-0.4, -0.2) is 5.97 Å². The first-order chi connectivity index (χ1) is 6.70. The highest BCUT2D eigenvalue weighted by molar-refractivity contribution is 5.87. The molecule has 78 valence electrons. The molecule has 2 nitrogen and oxygen atoms in total. The molecule has 0 fully saturated rings. The summed E-state index contributed by atoms with van der Waals surface area (Å²) in [4.78, 5) is 11.2. The molecular weight excluding hydrogens is 176 g/mol. The molecule has 1 aliphatic rings. The Bertz CT molecular complexity index is 251. The minimum absolute atomic E-state index is 0.295. The Balaban J connectivity index is 2.48. The van der Waals surface area contributed by atoms with Crippen LogP contribution >= 0.6 is 0 Å². The molecule has 0 aliphatic heterocycles. The van der Waals surface area contributed by atoms with Crippen LogP contribution in [0.3, 0.4) is 0 Å². The Kier molecular flexibility index (Phi) is 4.44. The van der Waals surface area contributed by atoms with Crippen molar-refractivity contribution in [3.05, 3.63) is 24.0 Å². The van der Waals surface area contributed by atoms with E-state index in [1.165, 1.54) is 19.3 Å². The van der Waals surface area contributed by atoms with Crippen molar-refractivity contribution in [1.82, 2.24) is 0 Å². The first-order valence-electron chi connectivity index (χ1n) is 5.27. The highest BCUT2D eigenvalue weighted by atomic mass is 16.5. The third kappa shape index (κ3) is 3.77. The van der Waals surface area contributed by atoms with E-state index in [9.17, 15) is 4.79 Å². The van der Waals surface area contributed by atoms with Gasteiger partial charge in [0.05, 0.1) is 0 Å². The van der Waals surface area contributed by atoms with Gasteiger partial charge in [-0.15, -0.1) is 0 Å². The van der Waals surface area contributed by atoms with Crippen LogP contribution in [0.2, 0.25) is 0 Å². The van der Waals surface area contributed by atoms with Crippen LogP contribution in [0.25, 0.3) is 0 Å². The fourth-order valence-electron chi connectivity index (χ4n) is 1.46. The molecule has 0 N–H and O–H groups in total. The predicted octanol–water partition coefficient (Wildman–Crippen LogP) is 3.34. The van der Waals surface area contributed by atoms with Crippen LogP contribution in [0, 0.1) is 0 Å². The Morgan fingerprint density at radius 1 is 1.36 bits per heavy atom. The topological polar surface area (TPSA) is 26.3 Å². The second-order valence-electron chi connectivity index (χ2n) is 3.79. The molecule has 0 unspecified atom stereocenters. The Morgan fingerprint density at radius 2 is 2.07 bits per heavy atom. The summed E-state index contributed by atoms with van der Waals surface area (Å²) in [7, 11) is 0. The van der Waals surface area contributed by atoms with Crippen molar-refractivity contribution in [2.45, 2.75) is 45.4 Å². The normalized spacial score (nSPS) is 21.4. The lowest BCUT2D eigenvalue weighted by molar-refractivity contribution is -0.135. The molecular formula is C12H18O2. The molecule has 0 bridgehead atoms. The van der Waals surface area contributed by atoms with Gasteiger partial charge in [0.2, 0.25) is 0 Å². The zero-order chi connectivity index (χ0) is 10.4. The average Bonchev–Trinajstić information content (AvgIpc) is 2.08. The minimum atomic E-state index is -0.295. The minimum Gasteiger partial charge on any atom is -0.428 e. The summed E-state index contributed by atoms with van der Waals surface area (Å²) in [6, 6.07) is 0. The van der Waals surface area contributed by atoms with Gasteiger partial charge in [0.15, 0.2) is 0 Å². The van der Waals surface area contributed by atoms with Crippen LogP contribution in [0.4, 0.5) is 0 Å². The summed E-state index contributed by atoms with van der Waals surface area (Å²) in [5.74, 6) is 0.537. The van der Waals surface area contributed by atoms with E-state index in [-0.39, 0.29) is 5.97 Å². The standard InChI is InChI=1S/C12H18O2/c1-10(2)12(13)14-11-8-6-4-3-5-7-9-11/h8H,1,3-7,9H2,2H3/b11-8+. The van der Waals surface area contributed by atoms with E-state index in [1.54, 1.807) is 6.92 Å². The summed E-state index contributed by atoms with van der Waals surface area (Å²) in [5.41, 5.74) is 0.466.